The summed E-state index contributed by atoms with van der Waals surface area (Å²) < 4.78 is 7.32. The van der Waals surface area contributed by atoms with Gasteiger partial charge in [-0.2, -0.15) is 6.67 Å². The van der Waals surface area contributed by atoms with Gasteiger partial charge in [-0.1, -0.05) is 27.0 Å². The van der Waals surface area contributed by atoms with Crippen molar-refractivity contribution in [3.8, 4) is 0 Å². The van der Waals surface area contributed by atoms with Gasteiger partial charge in [0.15, 0.2) is 13.5 Å². The third-order valence-corrected chi connectivity index (χ3v) is 7.41. The molecule has 0 aromatic carbocycles. The fourth-order valence-corrected chi connectivity index (χ4v) is 4.97. The first-order chi connectivity index (χ1) is 22.0. The second kappa shape index (κ2) is 21.1. The van der Waals surface area contributed by atoms with E-state index in [4.69, 9.17) is 20.3 Å². The van der Waals surface area contributed by atoms with Crippen LogP contribution >= 0.6 is 0 Å². The molecular weight excluding hydrogens is 720 g/mol. The van der Waals surface area contributed by atoms with Crippen molar-refractivity contribution in [1.29, 1.82) is 0 Å². The Morgan fingerprint density at radius 1 is 0.653 bits per heavy atom. The monoisotopic (exact) mass is 771 g/mol. The summed E-state index contributed by atoms with van der Waals surface area (Å²) in [6.45, 7) is 6.50. The van der Waals surface area contributed by atoms with Gasteiger partial charge >= 0.3 is 0 Å². The number of aromatic nitrogens is 6. The Morgan fingerprint density at radius 2 is 1.14 bits per heavy atom. The summed E-state index contributed by atoms with van der Waals surface area (Å²) >= 11 is 0. The summed E-state index contributed by atoms with van der Waals surface area (Å²) in [5.74, 6) is 0. The smallest absolute Gasteiger partial charge is 0.246 e. The molecule has 1 unspecified atom stereocenters. The molecule has 2 aliphatic heterocycles. The SMILES string of the molecule is C.C.CC1N(CO)C=CN1Cc1cccc(CN2C=CN(CO)[CH-]2)n1.OCn1cc[n+](Cc2cccc(C[n+]3ccn(CO)c3)n2)c1.[Ag].[CH3-]. The molecule has 0 spiro atoms. The number of hydrogen-bond donors (Lipinski definition) is 4. The third-order valence-electron chi connectivity index (χ3n) is 7.41. The van der Waals surface area contributed by atoms with E-state index in [0.717, 1.165) is 22.8 Å². The molecule has 1 atom stereocenters. The summed E-state index contributed by atoms with van der Waals surface area (Å²) in [7, 11) is 0. The largest absolute Gasteiger partial charge is 0.503 e. The zero-order valence-electron chi connectivity index (χ0n) is 26.6. The molecular formula is C34H52AgN10O4. The van der Waals surface area contributed by atoms with Gasteiger partial charge < -0.3 is 47.5 Å². The van der Waals surface area contributed by atoms with Gasteiger partial charge in [-0.05, 0) is 43.6 Å². The summed E-state index contributed by atoms with van der Waals surface area (Å²) in [4.78, 5) is 17.0. The van der Waals surface area contributed by atoms with Crippen LogP contribution in [0.2, 0.25) is 0 Å². The van der Waals surface area contributed by atoms with Crippen molar-refractivity contribution >= 4 is 0 Å². The Kier molecular flexibility index (Phi) is 18.6. The van der Waals surface area contributed by atoms with Crippen molar-refractivity contribution in [2.75, 3.05) is 13.5 Å². The van der Waals surface area contributed by atoms with Crippen LogP contribution in [0.15, 0.2) is 98.6 Å². The van der Waals surface area contributed by atoms with Crippen LogP contribution in [0.25, 0.3) is 0 Å². The minimum atomic E-state index is -0.0288. The van der Waals surface area contributed by atoms with Gasteiger partial charge in [-0.25, -0.2) is 23.3 Å². The van der Waals surface area contributed by atoms with Crippen molar-refractivity contribution in [3.05, 3.63) is 136 Å². The van der Waals surface area contributed by atoms with Crippen molar-refractivity contribution < 1.29 is 51.9 Å². The minimum Gasteiger partial charge on any atom is -0.503 e. The van der Waals surface area contributed by atoms with Crippen molar-refractivity contribution in [2.24, 2.45) is 0 Å². The second-order valence-electron chi connectivity index (χ2n) is 10.7. The van der Waals surface area contributed by atoms with Gasteiger partial charge in [-0.3, -0.25) is 4.98 Å². The van der Waals surface area contributed by atoms with E-state index in [1.807, 2.05) is 131 Å². The predicted octanol–water partition coefficient (Wildman–Crippen LogP) is 1.60. The Labute approximate surface area is 306 Å². The van der Waals surface area contributed by atoms with Gasteiger partial charge in [0.05, 0.1) is 36.1 Å². The van der Waals surface area contributed by atoms with Crippen molar-refractivity contribution in [3.63, 3.8) is 0 Å². The summed E-state index contributed by atoms with van der Waals surface area (Å²) in [6, 6.07) is 12.0. The zero-order chi connectivity index (χ0) is 31.6. The summed E-state index contributed by atoms with van der Waals surface area (Å²) in [5.41, 5.74) is 3.87. The van der Waals surface area contributed by atoms with E-state index in [2.05, 4.69) is 9.88 Å². The van der Waals surface area contributed by atoms with Gasteiger partial charge in [-0.15, -0.1) is 0 Å². The van der Waals surface area contributed by atoms with Gasteiger partial charge in [0.25, 0.3) is 0 Å². The van der Waals surface area contributed by atoms with Crippen molar-refractivity contribution in [1.82, 2.24) is 38.7 Å². The van der Waals surface area contributed by atoms with E-state index in [9.17, 15) is 5.11 Å². The second-order valence-corrected chi connectivity index (χ2v) is 10.7. The Balaban J connectivity index is 0.000000453. The Bertz CT molecular complexity index is 1520. The minimum absolute atomic E-state index is 0. The topological polar surface area (TPSA) is 137 Å². The number of pyridine rings is 2. The maximum Gasteiger partial charge on any atom is 0.246 e. The van der Waals surface area contributed by atoms with Crippen LogP contribution in [0.5, 0.6) is 0 Å². The van der Waals surface area contributed by atoms with Crippen molar-refractivity contribution in [2.45, 2.75) is 67.6 Å². The number of hydrogen-bond acceptors (Lipinski definition) is 10. The van der Waals surface area contributed by atoms with Crippen LogP contribution in [-0.2, 0) is 62.0 Å². The standard InChI is InChI=1S/C16H22N5O2.C15H19N5O2.2CH4.CH3.Ag/c1-14-20(7-8-21(14)13-23)10-16-4-2-3-15(17-16)9-18-5-6-19(11-18)12-22;21-12-19-6-4-17(10-19)8-14-2-1-3-15(16-14)9-18-5-7-20(11-18)13-22;;;;/h2-8,11,14,22-23H,9-10,12-13H2,1H3;1-7,10-11,21-22H,8-9,12-13H2;2*1H4;1H3;/q-1;+2;;;-1;. The molecule has 273 valence electrons. The number of nitrogens with zero attached hydrogens (tertiary/aromatic N) is 10. The van der Waals surface area contributed by atoms with Crippen LogP contribution in [0.3, 0.4) is 0 Å². The van der Waals surface area contributed by atoms with E-state index >= 15 is 0 Å². The first kappa shape index (κ1) is 43.0. The van der Waals surface area contributed by atoms with Gasteiger partial charge in [0, 0.05) is 41.3 Å². The third kappa shape index (κ3) is 12.1. The maximum atomic E-state index is 9.26. The van der Waals surface area contributed by atoms with Gasteiger partial charge in [0.2, 0.25) is 12.7 Å². The zero-order valence-corrected chi connectivity index (χ0v) is 28.1. The number of aliphatic hydroxyl groups excluding tert-OH is 4. The average molecular weight is 773 g/mol. The number of imidazole rings is 2. The molecule has 6 rings (SSSR count). The fraction of sp³-hybridized carbons (Fsp3) is 0.353. The molecule has 0 bridgehead atoms. The molecule has 0 saturated carbocycles. The molecule has 4 N–H and O–H groups in total. The molecule has 0 amide bonds. The van der Waals surface area contributed by atoms with Crippen LogP contribution in [-0.4, -0.2) is 78.8 Å². The molecule has 0 aliphatic carbocycles. The maximum absolute atomic E-state index is 9.26. The van der Waals surface area contributed by atoms with Crippen LogP contribution in [0, 0.1) is 14.1 Å². The average Bonchev–Trinajstić information content (AvgIpc) is 3.87. The number of rotatable bonds is 12. The summed E-state index contributed by atoms with van der Waals surface area (Å²) in [6.07, 6.45) is 18.8. The predicted molar refractivity (Wildman–Crippen MR) is 181 cm³/mol. The van der Waals surface area contributed by atoms with E-state index in [-0.39, 0.29) is 77.7 Å². The Hall–Kier alpha value is -4.02. The molecule has 4 aromatic rings. The first-order valence-corrected chi connectivity index (χ1v) is 14.6. The van der Waals surface area contributed by atoms with Crippen LogP contribution < -0.4 is 9.13 Å². The van der Waals surface area contributed by atoms with Crippen LogP contribution in [0.4, 0.5) is 0 Å². The first-order valence-electron chi connectivity index (χ1n) is 14.6. The quantitative estimate of drug-likeness (QED) is 0.0956. The number of aliphatic hydroxyl groups is 4. The normalized spacial score (nSPS) is 14.4. The molecule has 15 heteroatoms. The van der Waals surface area contributed by atoms with E-state index in [1.165, 1.54) is 0 Å². The molecule has 14 nitrogen and oxygen atoms in total. The molecule has 6 heterocycles. The Morgan fingerprint density at radius 3 is 1.61 bits per heavy atom. The summed E-state index contributed by atoms with van der Waals surface area (Å²) in [5, 5.41) is 36.5. The molecule has 4 aromatic heterocycles. The van der Waals surface area contributed by atoms with E-state index in [1.54, 1.807) is 14.0 Å². The molecule has 0 saturated heterocycles. The van der Waals surface area contributed by atoms with Crippen LogP contribution in [0.1, 0.15) is 44.6 Å². The van der Waals surface area contributed by atoms with E-state index in [0.29, 0.717) is 26.2 Å². The van der Waals surface area contributed by atoms with E-state index < -0.39 is 0 Å². The fourth-order valence-electron chi connectivity index (χ4n) is 4.97. The van der Waals surface area contributed by atoms with Gasteiger partial charge in [0.1, 0.15) is 50.8 Å². The molecule has 0 fully saturated rings. The molecule has 2 aliphatic rings. The molecule has 1 radical (unpaired) electrons. The molecule has 49 heavy (non-hydrogen) atoms.